The zero-order valence-electron chi connectivity index (χ0n) is 18.9. The summed E-state index contributed by atoms with van der Waals surface area (Å²) < 4.78 is 28.8. The summed E-state index contributed by atoms with van der Waals surface area (Å²) >= 11 is 9.38. The second kappa shape index (κ2) is 11.0. The summed E-state index contributed by atoms with van der Waals surface area (Å²) in [5.41, 5.74) is 2.06. The van der Waals surface area contributed by atoms with Crippen molar-refractivity contribution in [1.82, 2.24) is 9.97 Å². The van der Waals surface area contributed by atoms with E-state index in [9.17, 15) is 0 Å². The van der Waals surface area contributed by atoms with Crippen LogP contribution in [0.25, 0.3) is 10.9 Å². The molecule has 1 aromatic heterocycles. The number of fused-ring (bicyclic) bond motifs is 2. The third-order valence-corrected chi connectivity index (χ3v) is 5.95. The molecule has 3 aromatic rings. The van der Waals surface area contributed by atoms with Gasteiger partial charge in [-0.25, -0.2) is 9.97 Å². The average Bonchev–Trinajstić information content (AvgIpc) is 3.34. The summed E-state index contributed by atoms with van der Waals surface area (Å²) in [6.07, 6.45) is 2.00. The molecule has 1 unspecified atom stereocenters. The minimum atomic E-state index is -0.208. The highest BCUT2D eigenvalue weighted by molar-refractivity contribution is 9.10. The number of anilines is 2. The summed E-state index contributed by atoms with van der Waals surface area (Å²) in [4.78, 5) is 8.84. The molecule has 1 N–H and O–H groups in total. The molecule has 0 saturated heterocycles. The molecule has 0 spiro atoms. The molecular weight excluding hydrogens is 526 g/mol. The summed E-state index contributed by atoms with van der Waals surface area (Å²) in [5, 5.41) is 4.10. The van der Waals surface area contributed by atoms with Crippen molar-refractivity contribution in [3.8, 4) is 34.8 Å². The standard InChI is InChI=1S/C24H23BrClN3O5/c1-14(30-2)5-6-15-9-17(25)21(23-22(15)33-13-34-23)29-24-16-10-19(31-3)20(32-8-4-7-26)11-18(16)27-12-28-24/h9-12,14H,4,7-8,13H2,1-3H3,(H,27,28,29). The van der Waals surface area contributed by atoms with E-state index in [1.165, 1.54) is 6.33 Å². The third-order valence-electron chi connectivity index (χ3n) is 5.06. The van der Waals surface area contributed by atoms with Crippen LogP contribution in [0.5, 0.6) is 23.0 Å². The Morgan fingerprint density at radius 3 is 2.76 bits per heavy atom. The minimum absolute atomic E-state index is 0.0936. The van der Waals surface area contributed by atoms with Gasteiger partial charge in [-0.2, -0.15) is 0 Å². The molecule has 0 radical (unpaired) electrons. The summed E-state index contributed by atoms with van der Waals surface area (Å²) in [5.74, 6) is 9.49. The van der Waals surface area contributed by atoms with Crippen molar-refractivity contribution in [2.75, 3.05) is 38.8 Å². The fourth-order valence-electron chi connectivity index (χ4n) is 3.28. The van der Waals surface area contributed by atoms with Gasteiger partial charge in [0.15, 0.2) is 23.0 Å². The Hall–Kier alpha value is -2.93. The number of halogens is 2. The first-order valence-corrected chi connectivity index (χ1v) is 11.8. The normalized spacial score (nSPS) is 12.7. The number of nitrogens with one attached hydrogen (secondary N) is 1. The maximum atomic E-state index is 5.82. The molecule has 0 aliphatic carbocycles. The predicted octanol–water partition coefficient (Wildman–Crippen LogP) is 5.27. The summed E-state index contributed by atoms with van der Waals surface area (Å²) in [6.45, 7) is 2.45. The van der Waals surface area contributed by atoms with Crippen LogP contribution in [0, 0.1) is 11.8 Å². The van der Waals surface area contributed by atoms with Crippen LogP contribution in [-0.2, 0) is 4.74 Å². The lowest BCUT2D eigenvalue weighted by molar-refractivity contribution is 0.163. The van der Waals surface area contributed by atoms with E-state index in [2.05, 4.69) is 43.1 Å². The van der Waals surface area contributed by atoms with E-state index in [4.69, 9.17) is 35.3 Å². The zero-order valence-corrected chi connectivity index (χ0v) is 21.2. The number of aromatic nitrogens is 2. The molecule has 0 amide bonds. The van der Waals surface area contributed by atoms with Crippen molar-refractivity contribution in [3.05, 3.63) is 34.6 Å². The highest BCUT2D eigenvalue weighted by atomic mass is 79.9. The Labute approximate surface area is 211 Å². The Bertz CT molecular complexity index is 1260. The van der Waals surface area contributed by atoms with Gasteiger partial charge >= 0.3 is 0 Å². The third kappa shape index (κ3) is 5.09. The Balaban J connectivity index is 1.72. The highest BCUT2D eigenvalue weighted by Crippen LogP contribution is 2.47. The van der Waals surface area contributed by atoms with Crippen LogP contribution < -0.4 is 24.3 Å². The lowest BCUT2D eigenvalue weighted by Crippen LogP contribution is -2.02. The van der Waals surface area contributed by atoms with Crippen molar-refractivity contribution < 1.29 is 23.7 Å². The second-order valence-electron chi connectivity index (χ2n) is 7.25. The van der Waals surface area contributed by atoms with E-state index in [1.807, 2.05) is 25.1 Å². The fraction of sp³-hybridized carbons (Fsp3) is 0.333. The molecule has 178 valence electrons. The largest absolute Gasteiger partial charge is 0.493 e. The monoisotopic (exact) mass is 547 g/mol. The van der Waals surface area contributed by atoms with Crippen LogP contribution in [0.1, 0.15) is 18.9 Å². The van der Waals surface area contributed by atoms with Crippen LogP contribution in [0.15, 0.2) is 29.0 Å². The Morgan fingerprint density at radius 2 is 2.00 bits per heavy atom. The van der Waals surface area contributed by atoms with Gasteiger partial charge in [0.2, 0.25) is 6.79 Å². The molecule has 10 heteroatoms. The Morgan fingerprint density at radius 1 is 1.18 bits per heavy atom. The first-order valence-electron chi connectivity index (χ1n) is 10.5. The first kappa shape index (κ1) is 24.2. The van der Waals surface area contributed by atoms with E-state index in [1.54, 1.807) is 14.2 Å². The molecule has 1 atom stereocenters. The van der Waals surface area contributed by atoms with Gasteiger partial charge in [-0.15, -0.1) is 11.6 Å². The number of nitrogens with zero attached hydrogens (tertiary/aromatic N) is 2. The lowest BCUT2D eigenvalue weighted by atomic mass is 10.1. The van der Waals surface area contributed by atoms with Gasteiger partial charge in [-0.3, -0.25) is 0 Å². The molecular formula is C24H23BrClN3O5. The van der Waals surface area contributed by atoms with E-state index in [-0.39, 0.29) is 12.9 Å². The molecule has 2 aromatic carbocycles. The van der Waals surface area contributed by atoms with Crippen LogP contribution in [-0.4, -0.2) is 49.6 Å². The number of ether oxygens (including phenoxy) is 5. The van der Waals surface area contributed by atoms with Crippen molar-refractivity contribution >= 4 is 49.9 Å². The fourth-order valence-corrected chi connectivity index (χ4v) is 3.89. The summed E-state index contributed by atoms with van der Waals surface area (Å²) in [7, 11) is 3.20. The molecule has 0 fully saturated rings. The molecule has 0 bridgehead atoms. The van der Waals surface area contributed by atoms with Crippen molar-refractivity contribution in [2.24, 2.45) is 0 Å². The van der Waals surface area contributed by atoms with Crippen LogP contribution in [0.3, 0.4) is 0 Å². The van der Waals surface area contributed by atoms with Gasteiger partial charge in [-0.1, -0.05) is 11.8 Å². The predicted molar refractivity (Wildman–Crippen MR) is 134 cm³/mol. The molecule has 0 saturated carbocycles. The van der Waals surface area contributed by atoms with Crippen molar-refractivity contribution in [3.63, 3.8) is 0 Å². The van der Waals surface area contributed by atoms with Gasteiger partial charge in [0, 0.05) is 28.9 Å². The maximum Gasteiger partial charge on any atom is 0.231 e. The number of hydrogen-bond donors (Lipinski definition) is 1. The van der Waals surface area contributed by atoms with Crippen molar-refractivity contribution in [1.29, 1.82) is 0 Å². The molecule has 2 heterocycles. The topological polar surface area (TPSA) is 84.0 Å². The molecule has 1 aliphatic rings. The van der Waals surface area contributed by atoms with Crippen LogP contribution >= 0.6 is 27.5 Å². The molecule has 1 aliphatic heterocycles. The zero-order chi connectivity index (χ0) is 24.1. The second-order valence-corrected chi connectivity index (χ2v) is 8.48. The summed E-state index contributed by atoms with van der Waals surface area (Å²) in [6, 6.07) is 5.53. The van der Waals surface area contributed by atoms with Crippen LogP contribution in [0.2, 0.25) is 0 Å². The number of hydrogen-bond acceptors (Lipinski definition) is 8. The maximum absolute atomic E-state index is 5.82. The molecule has 8 nitrogen and oxygen atoms in total. The number of rotatable bonds is 8. The number of benzene rings is 2. The first-order chi connectivity index (χ1) is 16.5. The van der Waals surface area contributed by atoms with Gasteiger partial charge in [0.25, 0.3) is 0 Å². The smallest absolute Gasteiger partial charge is 0.231 e. The molecule has 4 rings (SSSR count). The number of alkyl halides is 1. The van der Waals surface area contributed by atoms with E-state index < -0.39 is 0 Å². The number of methoxy groups -OCH3 is 2. The van der Waals surface area contributed by atoms with Crippen LogP contribution in [0.4, 0.5) is 11.5 Å². The highest BCUT2D eigenvalue weighted by Gasteiger charge is 2.25. The Kier molecular flexibility index (Phi) is 7.83. The minimum Gasteiger partial charge on any atom is -0.493 e. The van der Waals surface area contributed by atoms with Gasteiger partial charge in [0.05, 0.1) is 24.8 Å². The van der Waals surface area contributed by atoms with E-state index >= 15 is 0 Å². The van der Waals surface area contributed by atoms with Gasteiger partial charge in [0.1, 0.15) is 23.9 Å². The van der Waals surface area contributed by atoms with E-state index in [0.29, 0.717) is 58.1 Å². The van der Waals surface area contributed by atoms with Gasteiger partial charge < -0.3 is 29.0 Å². The quantitative estimate of drug-likeness (QED) is 0.232. The van der Waals surface area contributed by atoms with Crippen molar-refractivity contribution in [2.45, 2.75) is 19.4 Å². The van der Waals surface area contributed by atoms with Gasteiger partial charge in [-0.05, 0) is 41.4 Å². The molecule has 34 heavy (non-hydrogen) atoms. The SMILES string of the molecule is COc1cc2c(Nc3c(Br)cc(C#CC(C)OC)c4c3OCO4)ncnc2cc1OCCCCl. The lowest BCUT2D eigenvalue weighted by Gasteiger charge is -2.15. The average molecular weight is 549 g/mol. The van der Waals surface area contributed by atoms with E-state index in [0.717, 1.165) is 16.3 Å².